The maximum Gasteiger partial charge on any atom is 0.410 e. The van der Waals surface area contributed by atoms with E-state index in [0.29, 0.717) is 37.6 Å². The molecule has 0 N–H and O–H groups in total. The number of amides is 1. The predicted molar refractivity (Wildman–Crippen MR) is 136 cm³/mol. The van der Waals surface area contributed by atoms with Crippen molar-refractivity contribution in [1.82, 2.24) is 14.2 Å². The average Bonchev–Trinajstić information content (AvgIpc) is 2.83. The lowest BCUT2D eigenvalue weighted by molar-refractivity contribution is 0.0240. The number of aryl methyl sites for hydroxylation is 1. The molecule has 35 heavy (non-hydrogen) atoms. The molecule has 2 aliphatic rings. The van der Waals surface area contributed by atoms with Crippen LogP contribution in [0.1, 0.15) is 57.2 Å². The SMILES string of the molecule is Cc1ccc(S(=O)(=O)N2CCCC[C@H]2c2ccc(N3CCN(C(=O)OC(C)(C)C)CC3)nc2)cc1. The first-order valence-corrected chi connectivity index (χ1v) is 13.8. The Morgan fingerprint density at radius 3 is 2.26 bits per heavy atom. The first-order chi connectivity index (χ1) is 16.5. The third-order valence-corrected chi connectivity index (χ3v) is 8.41. The highest BCUT2D eigenvalue weighted by Gasteiger charge is 2.35. The Bertz CT molecular complexity index is 1120. The van der Waals surface area contributed by atoms with Crippen molar-refractivity contribution in [3.05, 3.63) is 53.7 Å². The highest BCUT2D eigenvalue weighted by Crippen LogP contribution is 2.35. The van der Waals surface area contributed by atoms with E-state index in [1.165, 1.54) is 0 Å². The lowest BCUT2D eigenvalue weighted by Gasteiger charge is -2.37. The molecule has 0 spiro atoms. The van der Waals surface area contributed by atoms with E-state index in [1.54, 1.807) is 21.3 Å². The number of piperidine rings is 1. The van der Waals surface area contributed by atoms with Crippen molar-refractivity contribution < 1.29 is 17.9 Å². The maximum absolute atomic E-state index is 13.4. The molecule has 1 aromatic carbocycles. The van der Waals surface area contributed by atoms with Gasteiger partial charge in [0, 0.05) is 38.9 Å². The van der Waals surface area contributed by atoms with Gasteiger partial charge in [0.2, 0.25) is 10.0 Å². The summed E-state index contributed by atoms with van der Waals surface area (Å²) in [6.07, 6.45) is 4.14. The van der Waals surface area contributed by atoms with Crippen LogP contribution in [0.5, 0.6) is 0 Å². The van der Waals surface area contributed by atoms with Gasteiger partial charge in [0.05, 0.1) is 10.9 Å². The van der Waals surface area contributed by atoms with Crippen LogP contribution in [-0.4, -0.2) is 67.0 Å². The zero-order chi connectivity index (χ0) is 25.2. The molecule has 4 rings (SSSR count). The lowest BCUT2D eigenvalue weighted by Crippen LogP contribution is -2.50. The van der Waals surface area contributed by atoms with Crippen molar-refractivity contribution in [2.24, 2.45) is 0 Å². The van der Waals surface area contributed by atoms with E-state index in [2.05, 4.69) is 9.88 Å². The molecule has 0 radical (unpaired) electrons. The number of pyridine rings is 1. The van der Waals surface area contributed by atoms with Gasteiger partial charge < -0.3 is 14.5 Å². The number of ether oxygens (including phenoxy) is 1. The normalized spacial score (nSPS) is 20.1. The topological polar surface area (TPSA) is 83.1 Å². The highest BCUT2D eigenvalue weighted by molar-refractivity contribution is 7.89. The van der Waals surface area contributed by atoms with Crippen LogP contribution in [0.25, 0.3) is 0 Å². The molecule has 0 saturated carbocycles. The van der Waals surface area contributed by atoms with Crippen LogP contribution in [0.4, 0.5) is 10.6 Å². The molecule has 190 valence electrons. The molecule has 8 nitrogen and oxygen atoms in total. The number of piperazine rings is 1. The van der Waals surface area contributed by atoms with E-state index in [-0.39, 0.29) is 12.1 Å². The van der Waals surface area contributed by atoms with Crippen molar-refractivity contribution in [2.75, 3.05) is 37.6 Å². The Balaban J connectivity index is 1.44. The molecule has 1 aromatic heterocycles. The van der Waals surface area contributed by atoms with Crippen LogP contribution >= 0.6 is 0 Å². The lowest BCUT2D eigenvalue weighted by atomic mass is 9.99. The fourth-order valence-corrected chi connectivity index (χ4v) is 6.28. The Kier molecular flexibility index (Phi) is 7.38. The molecule has 9 heteroatoms. The molecular weight excluding hydrogens is 464 g/mol. The number of sulfonamides is 1. The summed E-state index contributed by atoms with van der Waals surface area (Å²) >= 11 is 0. The minimum absolute atomic E-state index is 0.222. The summed E-state index contributed by atoms with van der Waals surface area (Å²) < 4.78 is 34.0. The van der Waals surface area contributed by atoms with Gasteiger partial charge in [-0.3, -0.25) is 0 Å². The molecule has 0 aliphatic carbocycles. The zero-order valence-corrected chi connectivity index (χ0v) is 21.9. The minimum Gasteiger partial charge on any atom is -0.444 e. The molecule has 2 fully saturated rings. The van der Waals surface area contributed by atoms with E-state index in [9.17, 15) is 13.2 Å². The van der Waals surface area contributed by atoms with Gasteiger partial charge in [-0.2, -0.15) is 4.31 Å². The van der Waals surface area contributed by atoms with Crippen LogP contribution in [-0.2, 0) is 14.8 Å². The number of hydrogen-bond acceptors (Lipinski definition) is 6. The summed E-state index contributed by atoms with van der Waals surface area (Å²) in [5.41, 5.74) is 1.44. The summed E-state index contributed by atoms with van der Waals surface area (Å²) in [4.78, 5) is 21.2. The summed E-state index contributed by atoms with van der Waals surface area (Å²) in [7, 11) is -3.59. The quantitative estimate of drug-likeness (QED) is 0.620. The van der Waals surface area contributed by atoms with Gasteiger partial charge in [0.25, 0.3) is 0 Å². The molecule has 0 unspecified atom stereocenters. The van der Waals surface area contributed by atoms with E-state index in [0.717, 1.165) is 36.2 Å². The maximum atomic E-state index is 13.4. The number of nitrogens with zero attached hydrogens (tertiary/aromatic N) is 4. The number of aromatic nitrogens is 1. The first kappa shape index (κ1) is 25.4. The summed E-state index contributed by atoms with van der Waals surface area (Å²) in [5.74, 6) is 0.835. The van der Waals surface area contributed by atoms with E-state index in [4.69, 9.17) is 4.74 Å². The second kappa shape index (κ2) is 10.1. The monoisotopic (exact) mass is 500 g/mol. The minimum atomic E-state index is -3.59. The average molecular weight is 501 g/mol. The van der Waals surface area contributed by atoms with Crippen LogP contribution in [0.15, 0.2) is 47.5 Å². The van der Waals surface area contributed by atoms with Gasteiger partial charge in [0.1, 0.15) is 11.4 Å². The third-order valence-electron chi connectivity index (χ3n) is 6.49. The molecule has 3 heterocycles. The Morgan fingerprint density at radius 1 is 0.971 bits per heavy atom. The highest BCUT2D eigenvalue weighted by atomic mass is 32.2. The number of rotatable bonds is 4. The summed E-state index contributed by atoms with van der Waals surface area (Å²) in [6.45, 7) is 10.5. The van der Waals surface area contributed by atoms with Gasteiger partial charge in [-0.25, -0.2) is 18.2 Å². The van der Waals surface area contributed by atoms with E-state index in [1.807, 2.05) is 58.2 Å². The predicted octanol–water partition coefficient (Wildman–Crippen LogP) is 4.36. The van der Waals surface area contributed by atoms with Gasteiger partial charge >= 0.3 is 6.09 Å². The van der Waals surface area contributed by atoms with Crippen molar-refractivity contribution in [3.8, 4) is 0 Å². The van der Waals surface area contributed by atoms with Crippen LogP contribution < -0.4 is 4.90 Å². The van der Waals surface area contributed by atoms with Crippen molar-refractivity contribution in [3.63, 3.8) is 0 Å². The fraction of sp³-hybridized carbons (Fsp3) is 0.538. The van der Waals surface area contributed by atoms with E-state index < -0.39 is 15.6 Å². The van der Waals surface area contributed by atoms with Crippen molar-refractivity contribution in [1.29, 1.82) is 0 Å². The van der Waals surface area contributed by atoms with Crippen LogP contribution in [0, 0.1) is 6.92 Å². The number of anilines is 1. The largest absolute Gasteiger partial charge is 0.444 e. The Labute approximate surface area is 208 Å². The molecule has 2 aromatic rings. The molecule has 2 aliphatic heterocycles. The standard InChI is InChI=1S/C26H36N4O4S/c1-20-8-11-22(12-9-20)35(32,33)30-14-6-5-7-23(30)21-10-13-24(27-19-21)28-15-17-29(18-16-28)25(31)34-26(2,3)4/h8-13,19,23H,5-7,14-18H2,1-4H3/t23-/m0/s1. The molecular formula is C26H36N4O4S. The molecule has 1 atom stereocenters. The third kappa shape index (κ3) is 5.95. The smallest absolute Gasteiger partial charge is 0.410 e. The van der Waals surface area contributed by atoms with Crippen molar-refractivity contribution in [2.45, 2.75) is 63.5 Å². The van der Waals surface area contributed by atoms with Gasteiger partial charge in [-0.1, -0.05) is 30.2 Å². The molecule has 1 amide bonds. The molecule has 2 saturated heterocycles. The van der Waals surface area contributed by atoms with Crippen LogP contribution in [0.3, 0.4) is 0 Å². The van der Waals surface area contributed by atoms with Gasteiger partial charge in [-0.05, 0) is 64.3 Å². The number of carbonyl (C=O) groups is 1. The van der Waals surface area contributed by atoms with E-state index >= 15 is 0 Å². The molecule has 0 bridgehead atoms. The summed E-state index contributed by atoms with van der Waals surface area (Å²) in [5, 5.41) is 0. The number of hydrogen-bond donors (Lipinski definition) is 0. The number of benzene rings is 1. The Hall–Kier alpha value is -2.65. The van der Waals surface area contributed by atoms with Gasteiger partial charge in [-0.15, -0.1) is 0 Å². The second-order valence-electron chi connectivity index (χ2n) is 10.3. The van der Waals surface area contributed by atoms with Gasteiger partial charge in [0.15, 0.2) is 0 Å². The summed E-state index contributed by atoms with van der Waals surface area (Å²) in [6, 6.07) is 10.8. The fourth-order valence-electron chi connectivity index (χ4n) is 4.60. The Morgan fingerprint density at radius 2 is 1.66 bits per heavy atom. The first-order valence-electron chi connectivity index (χ1n) is 12.3. The number of carbonyl (C=O) groups excluding carboxylic acids is 1. The van der Waals surface area contributed by atoms with Crippen molar-refractivity contribution >= 4 is 21.9 Å². The zero-order valence-electron chi connectivity index (χ0n) is 21.1. The van der Waals surface area contributed by atoms with Crippen LogP contribution in [0.2, 0.25) is 0 Å². The second-order valence-corrected chi connectivity index (χ2v) is 12.2.